The van der Waals surface area contributed by atoms with Crippen molar-refractivity contribution in [2.45, 2.75) is 0 Å². The molecule has 0 N–H and O–H groups in total. The highest BCUT2D eigenvalue weighted by atomic mass is 16.3. The summed E-state index contributed by atoms with van der Waals surface area (Å²) >= 11 is 0. The Bertz CT molecular complexity index is 2890. The van der Waals surface area contributed by atoms with Gasteiger partial charge >= 0.3 is 0 Å². The summed E-state index contributed by atoms with van der Waals surface area (Å²) in [5.74, 6) is 0. The van der Waals surface area contributed by atoms with Crippen molar-refractivity contribution in [1.29, 1.82) is 0 Å². The third-order valence-electron chi connectivity index (χ3n) is 10.4. The first-order chi connectivity index (χ1) is 27.3. The number of rotatable bonds is 8. The molecular formula is C52H36N2O. The Morgan fingerprint density at radius 1 is 0.309 bits per heavy atom. The second-order valence-electron chi connectivity index (χ2n) is 13.7. The number of fused-ring (bicyclic) bond motifs is 5. The summed E-state index contributed by atoms with van der Waals surface area (Å²) in [6, 6.07) is 77.5. The lowest BCUT2D eigenvalue weighted by molar-refractivity contribution is 0.672. The molecular weight excluding hydrogens is 669 g/mol. The molecule has 0 bridgehead atoms. The molecule has 1 aromatic heterocycles. The van der Waals surface area contributed by atoms with E-state index in [-0.39, 0.29) is 0 Å². The second-order valence-corrected chi connectivity index (χ2v) is 13.7. The van der Waals surface area contributed by atoms with Crippen LogP contribution in [0.5, 0.6) is 0 Å². The summed E-state index contributed by atoms with van der Waals surface area (Å²) in [5.41, 5.74) is 12.7. The van der Waals surface area contributed by atoms with Crippen molar-refractivity contribution in [3.8, 4) is 22.3 Å². The van der Waals surface area contributed by atoms with E-state index in [2.05, 4.69) is 228 Å². The van der Waals surface area contributed by atoms with Crippen molar-refractivity contribution in [2.24, 2.45) is 0 Å². The Balaban J connectivity index is 1.27. The normalized spacial score (nSPS) is 11.3. The highest BCUT2D eigenvalue weighted by Crippen LogP contribution is 2.52. The number of nitrogens with zero attached hydrogens (tertiary/aromatic N) is 2. The van der Waals surface area contributed by atoms with Crippen molar-refractivity contribution in [3.05, 3.63) is 218 Å². The van der Waals surface area contributed by atoms with Gasteiger partial charge in [0.25, 0.3) is 0 Å². The summed E-state index contributed by atoms with van der Waals surface area (Å²) in [4.78, 5) is 4.77. The summed E-state index contributed by atoms with van der Waals surface area (Å²) < 4.78 is 6.87. The van der Waals surface area contributed by atoms with Gasteiger partial charge < -0.3 is 14.2 Å². The summed E-state index contributed by atoms with van der Waals surface area (Å²) in [6.07, 6.45) is 0. The predicted octanol–water partition coefficient (Wildman–Crippen LogP) is 15.0. The van der Waals surface area contributed by atoms with Crippen molar-refractivity contribution in [3.63, 3.8) is 0 Å². The van der Waals surface area contributed by atoms with Gasteiger partial charge in [0.05, 0.1) is 16.8 Å². The molecule has 0 unspecified atom stereocenters. The van der Waals surface area contributed by atoms with Crippen molar-refractivity contribution < 1.29 is 4.42 Å². The molecule has 1 heterocycles. The third-order valence-corrected chi connectivity index (χ3v) is 10.4. The smallest absolute Gasteiger partial charge is 0.143 e. The van der Waals surface area contributed by atoms with Crippen molar-refractivity contribution in [2.75, 3.05) is 9.80 Å². The minimum absolute atomic E-state index is 0.833. The molecule has 0 fully saturated rings. The van der Waals surface area contributed by atoms with E-state index in [9.17, 15) is 0 Å². The monoisotopic (exact) mass is 704 g/mol. The molecule has 0 atom stereocenters. The first kappa shape index (κ1) is 32.3. The highest BCUT2D eigenvalue weighted by molar-refractivity contribution is 6.22. The molecule has 0 saturated carbocycles. The van der Waals surface area contributed by atoms with E-state index in [4.69, 9.17) is 4.42 Å². The fourth-order valence-electron chi connectivity index (χ4n) is 7.83. The van der Waals surface area contributed by atoms with Crippen LogP contribution in [-0.4, -0.2) is 0 Å². The van der Waals surface area contributed by atoms with E-state index < -0.39 is 0 Å². The molecule has 260 valence electrons. The van der Waals surface area contributed by atoms with Crippen LogP contribution in [0, 0.1) is 0 Å². The molecule has 10 rings (SSSR count). The zero-order chi connectivity index (χ0) is 36.6. The third kappa shape index (κ3) is 5.89. The van der Waals surface area contributed by atoms with E-state index in [1.165, 1.54) is 22.3 Å². The standard InChI is InChI=1S/C52H36N2O/c1-5-15-37(16-6-1)39-25-30-44(31-26-39)53(42-20-9-3-10-21-42)48-35-36-49-50(47-34-29-41-19-13-14-24-46(41)52(47)55-49)51(48)54(43-22-11-4-12-23-43)45-32-27-40(28-33-45)38-17-7-2-8-18-38/h1-36H. The Morgan fingerprint density at radius 2 is 0.764 bits per heavy atom. The number of furan rings is 1. The Labute approximate surface area is 320 Å². The van der Waals surface area contributed by atoms with Crippen LogP contribution < -0.4 is 9.80 Å². The first-order valence-corrected chi connectivity index (χ1v) is 18.7. The molecule has 0 aliphatic rings. The topological polar surface area (TPSA) is 19.6 Å². The van der Waals surface area contributed by atoms with Gasteiger partial charge in [0.1, 0.15) is 11.2 Å². The van der Waals surface area contributed by atoms with E-state index in [1.807, 2.05) is 0 Å². The van der Waals surface area contributed by atoms with Gasteiger partial charge in [0.2, 0.25) is 0 Å². The van der Waals surface area contributed by atoms with Gasteiger partial charge in [-0.2, -0.15) is 0 Å². The molecule has 0 aliphatic heterocycles. The van der Waals surface area contributed by atoms with Gasteiger partial charge in [-0.1, -0.05) is 152 Å². The summed E-state index contributed by atoms with van der Waals surface area (Å²) in [7, 11) is 0. The number of hydrogen-bond donors (Lipinski definition) is 0. The van der Waals surface area contributed by atoms with E-state index in [0.717, 1.165) is 66.8 Å². The average molecular weight is 705 g/mol. The fraction of sp³-hybridized carbons (Fsp3) is 0. The Morgan fingerprint density at radius 3 is 1.35 bits per heavy atom. The lowest BCUT2D eigenvalue weighted by atomic mass is 10.0. The number of hydrogen-bond acceptors (Lipinski definition) is 3. The lowest BCUT2D eigenvalue weighted by Crippen LogP contribution is -2.17. The largest absolute Gasteiger partial charge is 0.455 e. The van der Waals surface area contributed by atoms with Crippen molar-refractivity contribution in [1.82, 2.24) is 0 Å². The van der Waals surface area contributed by atoms with Gasteiger partial charge in [-0.3, -0.25) is 0 Å². The molecule has 0 radical (unpaired) electrons. The minimum atomic E-state index is 0.833. The van der Waals surface area contributed by atoms with Crippen LogP contribution >= 0.6 is 0 Å². The molecule has 9 aromatic carbocycles. The summed E-state index contributed by atoms with van der Waals surface area (Å²) in [5, 5.41) is 4.37. The zero-order valence-electron chi connectivity index (χ0n) is 30.1. The van der Waals surface area contributed by atoms with Gasteiger partial charge in [0, 0.05) is 33.5 Å². The fourth-order valence-corrected chi connectivity index (χ4v) is 7.83. The van der Waals surface area contributed by atoms with Gasteiger partial charge in [-0.05, 0) is 94.4 Å². The van der Waals surface area contributed by atoms with E-state index in [0.29, 0.717) is 0 Å². The van der Waals surface area contributed by atoms with Crippen LogP contribution in [0.25, 0.3) is 55.0 Å². The Kier molecular flexibility index (Phi) is 8.16. The molecule has 3 heteroatoms. The van der Waals surface area contributed by atoms with Crippen LogP contribution in [0.2, 0.25) is 0 Å². The molecule has 0 saturated heterocycles. The van der Waals surface area contributed by atoms with Crippen LogP contribution in [-0.2, 0) is 0 Å². The molecule has 0 amide bonds. The lowest BCUT2D eigenvalue weighted by Gasteiger charge is -2.33. The molecule has 55 heavy (non-hydrogen) atoms. The number of benzene rings is 9. The molecule has 0 aliphatic carbocycles. The van der Waals surface area contributed by atoms with Crippen LogP contribution in [0.15, 0.2) is 223 Å². The quantitative estimate of drug-likeness (QED) is 0.157. The maximum atomic E-state index is 6.87. The molecule has 3 nitrogen and oxygen atoms in total. The number of anilines is 6. The first-order valence-electron chi connectivity index (χ1n) is 18.7. The maximum absolute atomic E-state index is 6.87. The second kappa shape index (κ2) is 13.9. The maximum Gasteiger partial charge on any atom is 0.143 e. The van der Waals surface area contributed by atoms with Gasteiger partial charge in [-0.15, -0.1) is 0 Å². The van der Waals surface area contributed by atoms with E-state index >= 15 is 0 Å². The van der Waals surface area contributed by atoms with Crippen LogP contribution in [0.1, 0.15) is 0 Å². The number of para-hydroxylation sites is 2. The SMILES string of the molecule is c1ccc(-c2ccc(N(c3ccccc3)c3ccc4oc5c6ccccc6ccc5c4c3N(c3ccccc3)c3ccc(-c4ccccc4)cc3)cc2)cc1. The van der Waals surface area contributed by atoms with Gasteiger partial charge in [-0.25, -0.2) is 0 Å². The molecule has 0 spiro atoms. The molecule has 10 aromatic rings. The van der Waals surface area contributed by atoms with Crippen molar-refractivity contribution >= 4 is 66.8 Å². The Hall–Kier alpha value is -7.36. The highest BCUT2D eigenvalue weighted by Gasteiger charge is 2.27. The van der Waals surface area contributed by atoms with E-state index in [1.54, 1.807) is 0 Å². The van der Waals surface area contributed by atoms with Gasteiger partial charge in [0.15, 0.2) is 0 Å². The predicted molar refractivity (Wildman–Crippen MR) is 231 cm³/mol. The van der Waals surface area contributed by atoms with Crippen LogP contribution in [0.4, 0.5) is 34.1 Å². The van der Waals surface area contributed by atoms with Crippen LogP contribution in [0.3, 0.4) is 0 Å². The average Bonchev–Trinajstić information content (AvgIpc) is 3.66. The zero-order valence-corrected chi connectivity index (χ0v) is 30.1. The summed E-state index contributed by atoms with van der Waals surface area (Å²) in [6.45, 7) is 0. The minimum Gasteiger partial charge on any atom is -0.455 e.